The Hall–Kier alpha value is -0.920. The van der Waals surface area contributed by atoms with E-state index in [9.17, 15) is 13.2 Å². The van der Waals surface area contributed by atoms with Crippen LogP contribution >= 0.6 is 15.9 Å². The molecule has 1 aromatic rings. The van der Waals surface area contributed by atoms with Crippen LogP contribution in [0.25, 0.3) is 0 Å². The summed E-state index contributed by atoms with van der Waals surface area (Å²) >= 11 is 3.39. The molecule has 1 fully saturated rings. The first kappa shape index (κ1) is 17.4. The summed E-state index contributed by atoms with van der Waals surface area (Å²) in [5.41, 5.74) is 0.488. The number of amides is 1. The van der Waals surface area contributed by atoms with Gasteiger partial charge in [-0.05, 0) is 38.1 Å². The standard InChI is InChI=1S/C15H21BrN2O3S/c1-15(7-8-22(20,21)11-15)17-14(19)10-18(2)9-12-3-5-13(16)6-4-12/h3-6H,7-11H2,1-2H3,(H,17,19)/t15-/m1/s1. The molecule has 7 heteroatoms. The van der Waals surface area contributed by atoms with E-state index in [2.05, 4.69) is 21.2 Å². The van der Waals surface area contributed by atoms with Crippen molar-refractivity contribution in [2.75, 3.05) is 25.1 Å². The zero-order valence-electron chi connectivity index (χ0n) is 12.8. The third-order valence-electron chi connectivity index (χ3n) is 3.72. The number of halogens is 1. The first-order valence-corrected chi connectivity index (χ1v) is 9.73. The predicted molar refractivity (Wildman–Crippen MR) is 90.3 cm³/mol. The number of nitrogens with one attached hydrogen (secondary N) is 1. The fourth-order valence-corrected chi connectivity index (χ4v) is 5.05. The Kier molecular flexibility index (Phi) is 5.29. The van der Waals surface area contributed by atoms with E-state index in [1.807, 2.05) is 36.2 Å². The molecule has 1 saturated heterocycles. The van der Waals surface area contributed by atoms with Crippen LogP contribution in [0, 0.1) is 0 Å². The number of nitrogens with zero attached hydrogens (tertiary/aromatic N) is 1. The van der Waals surface area contributed by atoms with Crippen molar-refractivity contribution in [2.45, 2.75) is 25.4 Å². The third kappa shape index (κ3) is 5.07. The molecule has 1 atom stereocenters. The van der Waals surface area contributed by atoms with E-state index in [0.29, 0.717) is 13.0 Å². The quantitative estimate of drug-likeness (QED) is 0.831. The summed E-state index contributed by atoms with van der Waals surface area (Å²) in [5, 5.41) is 2.87. The number of likely N-dealkylation sites (N-methyl/N-ethyl adjacent to an activating group) is 1. The van der Waals surface area contributed by atoms with Gasteiger partial charge in [-0.3, -0.25) is 9.69 Å². The van der Waals surface area contributed by atoms with Gasteiger partial charge in [-0.1, -0.05) is 28.1 Å². The van der Waals surface area contributed by atoms with Gasteiger partial charge >= 0.3 is 0 Å². The van der Waals surface area contributed by atoms with Gasteiger partial charge in [-0.2, -0.15) is 0 Å². The number of carbonyl (C=O) groups is 1. The lowest BCUT2D eigenvalue weighted by Gasteiger charge is -2.25. The smallest absolute Gasteiger partial charge is 0.234 e. The minimum absolute atomic E-state index is 0.0299. The van der Waals surface area contributed by atoms with Crippen LogP contribution < -0.4 is 5.32 Å². The van der Waals surface area contributed by atoms with Crippen molar-refractivity contribution in [3.63, 3.8) is 0 Å². The molecule has 0 unspecified atom stereocenters. The summed E-state index contributed by atoms with van der Waals surface area (Å²) in [6.45, 7) is 2.70. The van der Waals surface area contributed by atoms with Crippen LogP contribution in [0.1, 0.15) is 18.9 Å². The van der Waals surface area contributed by atoms with E-state index in [1.54, 1.807) is 6.92 Å². The molecule has 5 nitrogen and oxygen atoms in total. The van der Waals surface area contributed by atoms with Crippen molar-refractivity contribution in [1.82, 2.24) is 10.2 Å². The van der Waals surface area contributed by atoms with Gasteiger partial charge in [0.2, 0.25) is 5.91 Å². The SMILES string of the molecule is CN(CC(=O)N[C@]1(C)CCS(=O)(=O)C1)Cc1ccc(Br)cc1. The fraction of sp³-hybridized carbons (Fsp3) is 0.533. The van der Waals surface area contributed by atoms with Gasteiger partial charge in [-0.15, -0.1) is 0 Å². The number of benzene rings is 1. The van der Waals surface area contributed by atoms with Crippen LogP contribution in [0.3, 0.4) is 0 Å². The lowest BCUT2D eigenvalue weighted by molar-refractivity contribution is -0.123. The highest BCUT2D eigenvalue weighted by Gasteiger charge is 2.39. The maximum atomic E-state index is 12.1. The maximum Gasteiger partial charge on any atom is 0.234 e. The highest BCUT2D eigenvalue weighted by atomic mass is 79.9. The number of hydrogen-bond donors (Lipinski definition) is 1. The van der Waals surface area contributed by atoms with Crippen molar-refractivity contribution in [3.05, 3.63) is 34.3 Å². The molecule has 1 amide bonds. The molecule has 22 heavy (non-hydrogen) atoms. The second-order valence-electron chi connectivity index (χ2n) is 6.25. The van der Waals surface area contributed by atoms with E-state index >= 15 is 0 Å². The van der Waals surface area contributed by atoms with E-state index in [-0.39, 0.29) is 24.0 Å². The van der Waals surface area contributed by atoms with Crippen molar-refractivity contribution in [1.29, 1.82) is 0 Å². The Morgan fingerprint density at radius 3 is 2.55 bits per heavy atom. The normalized spacial score (nSPS) is 23.6. The Morgan fingerprint density at radius 2 is 2.00 bits per heavy atom. The summed E-state index contributed by atoms with van der Waals surface area (Å²) < 4.78 is 24.1. The van der Waals surface area contributed by atoms with Gasteiger partial charge in [0.25, 0.3) is 0 Å². The van der Waals surface area contributed by atoms with Crippen LogP contribution in [-0.2, 0) is 21.2 Å². The van der Waals surface area contributed by atoms with E-state index in [0.717, 1.165) is 10.0 Å². The monoisotopic (exact) mass is 388 g/mol. The minimum Gasteiger partial charge on any atom is -0.349 e. The minimum atomic E-state index is -3.01. The van der Waals surface area contributed by atoms with Crippen molar-refractivity contribution in [2.24, 2.45) is 0 Å². The molecule has 0 saturated carbocycles. The van der Waals surface area contributed by atoms with Gasteiger partial charge in [0.1, 0.15) is 0 Å². The molecular formula is C15H21BrN2O3S. The molecule has 1 heterocycles. The van der Waals surface area contributed by atoms with Crippen LogP contribution in [0.15, 0.2) is 28.7 Å². The highest BCUT2D eigenvalue weighted by molar-refractivity contribution is 9.10. The molecule has 1 N–H and O–H groups in total. The Labute approximate surface area is 140 Å². The Morgan fingerprint density at radius 1 is 1.36 bits per heavy atom. The zero-order chi connectivity index (χ0) is 16.4. The summed E-state index contributed by atoms with van der Waals surface area (Å²) in [4.78, 5) is 14.0. The number of carbonyl (C=O) groups excluding carboxylic acids is 1. The largest absolute Gasteiger partial charge is 0.349 e. The van der Waals surface area contributed by atoms with E-state index in [1.165, 1.54) is 0 Å². The number of hydrogen-bond acceptors (Lipinski definition) is 4. The van der Waals surface area contributed by atoms with Crippen molar-refractivity contribution in [3.8, 4) is 0 Å². The second kappa shape index (κ2) is 6.68. The molecule has 1 aromatic carbocycles. The molecule has 2 rings (SSSR count). The molecule has 0 aliphatic carbocycles. The molecule has 0 aromatic heterocycles. The van der Waals surface area contributed by atoms with Gasteiger partial charge in [-0.25, -0.2) is 8.42 Å². The Bertz CT molecular complexity index is 645. The van der Waals surface area contributed by atoms with Crippen LogP contribution in [0.4, 0.5) is 0 Å². The molecule has 1 aliphatic heterocycles. The van der Waals surface area contributed by atoms with Gasteiger partial charge in [0.05, 0.1) is 23.6 Å². The summed E-state index contributed by atoms with van der Waals surface area (Å²) in [7, 11) is -1.14. The van der Waals surface area contributed by atoms with E-state index in [4.69, 9.17) is 0 Å². The maximum absolute atomic E-state index is 12.1. The molecule has 0 spiro atoms. The van der Waals surface area contributed by atoms with Crippen molar-refractivity contribution >= 4 is 31.7 Å². The van der Waals surface area contributed by atoms with Crippen LogP contribution in [-0.4, -0.2) is 49.9 Å². The van der Waals surface area contributed by atoms with Crippen molar-refractivity contribution < 1.29 is 13.2 Å². The fourth-order valence-electron chi connectivity index (χ4n) is 2.69. The van der Waals surface area contributed by atoms with Crippen LogP contribution in [0.5, 0.6) is 0 Å². The average molecular weight is 389 g/mol. The predicted octanol–water partition coefficient (Wildman–Crippen LogP) is 1.57. The third-order valence-corrected chi connectivity index (χ3v) is 6.16. The molecular weight excluding hydrogens is 368 g/mol. The summed E-state index contributed by atoms with van der Waals surface area (Å²) in [5.74, 6) is 0.0416. The zero-order valence-corrected chi connectivity index (χ0v) is 15.2. The lowest BCUT2D eigenvalue weighted by atomic mass is 10.0. The van der Waals surface area contributed by atoms with Gasteiger partial charge < -0.3 is 5.32 Å². The summed E-state index contributed by atoms with van der Waals surface area (Å²) in [6.07, 6.45) is 0.484. The van der Waals surface area contributed by atoms with Gasteiger partial charge in [0.15, 0.2) is 9.84 Å². The molecule has 0 radical (unpaired) electrons. The lowest BCUT2D eigenvalue weighted by Crippen LogP contribution is -2.49. The Balaban J connectivity index is 1.85. The first-order chi connectivity index (χ1) is 10.2. The second-order valence-corrected chi connectivity index (χ2v) is 9.35. The number of sulfone groups is 1. The molecule has 0 bridgehead atoms. The molecule has 122 valence electrons. The highest BCUT2D eigenvalue weighted by Crippen LogP contribution is 2.22. The van der Waals surface area contributed by atoms with E-state index < -0.39 is 15.4 Å². The average Bonchev–Trinajstić information content (AvgIpc) is 2.65. The molecule has 1 aliphatic rings. The number of rotatable bonds is 5. The first-order valence-electron chi connectivity index (χ1n) is 7.12. The summed E-state index contributed by atoms with van der Waals surface area (Å²) in [6, 6.07) is 7.94. The van der Waals surface area contributed by atoms with Gasteiger partial charge in [0, 0.05) is 11.0 Å². The van der Waals surface area contributed by atoms with Crippen LogP contribution in [0.2, 0.25) is 0 Å². The topological polar surface area (TPSA) is 66.5 Å².